The van der Waals surface area contributed by atoms with Gasteiger partial charge in [0.15, 0.2) is 5.76 Å². The van der Waals surface area contributed by atoms with Gasteiger partial charge in [-0.3, -0.25) is 14.0 Å². The highest BCUT2D eigenvalue weighted by Gasteiger charge is 2.46. The highest BCUT2D eigenvalue weighted by atomic mass is 16.5. The van der Waals surface area contributed by atoms with Crippen LogP contribution >= 0.6 is 0 Å². The number of hydrogen-bond acceptors (Lipinski definition) is 5. The van der Waals surface area contributed by atoms with Gasteiger partial charge < -0.3 is 14.7 Å². The predicted octanol–water partition coefficient (Wildman–Crippen LogP) is 5.83. The van der Waals surface area contributed by atoms with E-state index in [0.29, 0.717) is 29.2 Å². The molecule has 3 heterocycles. The van der Waals surface area contributed by atoms with Crippen molar-refractivity contribution in [3.8, 4) is 5.75 Å². The molecule has 0 saturated carbocycles. The molecular formula is C31H31N3O4. The van der Waals surface area contributed by atoms with Gasteiger partial charge in [-0.25, -0.2) is 4.98 Å². The van der Waals surface area contributed by atoms with Crippen LogP contribution in [0.2, 0.25) is 0 Å². The van der Waals surface area contributed by atoms with Crippen molar-refractivity contribution >= 4 is 23.1 Å². The molecule has 1 fully saturated rings. The number of rotatable bonds is 9. The van der Waals surface area contributed by atoms with Crippen molar-refractivity contribution in [2.75, 3.05) is 6.61 Å². The Bertz CT molecular complexity index is 1490. The Hall–Kier alpha value is -4.39. The summed E-state index contributed by atoms with van der Waals surface area (Å²) in [5.74, 6) is -0.872. The lowest BCUT2D eigenvalue weighted by atomic mass is 9.96. The number of carbonyl (C=O) groups excluding carboxylic acids is 2. The molecule has 1 amide bonds. The fourth-order valence-corrected chi connectivity index (χ4v) is 4.98. The number of ketones is 1. The number of unbranched alkanes of at least 4 members (excludes halogenated alkanes) is 2. The number of aliphatic hydroxyl groups is 1. The van der Waals surface area contributed by atoms with Crippen LogP contribution in [0.4, 0.5) is 0 Å². The van der Waals surface area contributed by atoms with Crippen LogP contribution in [-0.4, -0.2) is 37.7 Å². The molecule has 7 nitrogen and oxygen atoms in total. The summed E-state index contributed by atoms with van der Waals surface area (Å²) in [6.45, 7) is 4.79. The van der Waals surface area contributed by atoms with E-state index in [4.69, 9.17) is 4.74 Å². The van der Waals surface area contributed by atoms with Crippen LogP contribution in [0.1, 0.15) is 54.7 Å². The van der Waals surface area contributed by atoms with Crippen LogP contribution in [0.25, 0.3) is 11.4 Å². The minimum Gasteiger partial charge on any atom is -0.505 e. The number of benzene rings is 2. The Morgan fingerprint density at radius 2 is 1.71 bits per heavy atom. The monoisotopic (exact) mass is 509 g/mol. The summed E-state index contributed by atoms with van der Waals surface area (Å²) in [5, 5.41) is 11.6. The van der Waals surface area contributed by atoms with Crippen molar-refractivity contribution in [3.63, 3.8) is 0 Å². The smallest absolute Gasteiger partial charge is 0.295 e. The second-order valence-corrected chi connectivity index (χ2v) is 9.51. The Morgan fingerprint density at radius 3 is 2.45 bits per heavy atom. The van der Waals surface area contributed by atoms with E-state index in [1.807, 2.05) is 72.8 Å². The first kappa shape index (κ1) is 25.3. The molecule has 38 heavy (non-hydrogen) atoms. The first-order valence-electron chi connectivity index (χ1n) is 13.0. The van der Waals surface area contributed by atoms with Crippen LogP contribution in [-0.2, 0) is 16.1 Å². The Kier molecular flexibility index (Phi) is 7.26. The minimum atomic E-state index is -0.766. The molecule has 1 atom stereocenters. The summed E-state index contributed by atoms with van der Waals surface area (Å²) in [4.78, 5) is 32.9. The third kappa shape index (κ3) is 4.79. The number of likely N-dealkylation sites (tertiary alicyclic amines) is 1. The number of aryl methyl sites for hydroxylation is 1. The third-order valence-corrected chi connectivity index (χ3v) is 6.88. The summed E-state index contributed by atoms with van der Waals surface area (Å²) < 4.78 is 7.60. The van der Waals surface area contributed by atoms with E-state index in [0.717, 1.165) is 30.6 Å². The maximum absolute atomic E-state index is 13.5. The first-order valence-corrected chi connectivity index (χ1v) is 13.0. The Balaban J connectivity index is 1.59. The standard InChI is InChI=1S/C31H31N3O4/c1-3-4-10-19-38-24-16-14-23(15-17-24)28-26(29(35)27-21(2)32-25-13-8-9-18-33(25)27)30(36)31(37)34(28)20-22-11-6-5-7-12-22/h5-9,11-18,28,35H,3-4,10,19-20H2,1-2H3. The topological polar surface area (TPSA) is 84.1 Å². The summed E-state index contributed by atoms with van der Waals surface area (Å²) in [6.07, 6.45) is 4.99. The number of aromatic nitrogens is 2. The number of nitrogens with zero attached hydrogens (tertiary/aromatic N) is 3. The van der Waals surface area contributed by atoms with Crippen LogP contribution in [0.3, 0.4) is 0 Å². The van der Waals surface area contributed by atoms with Crippen molar-refractivity contribution in [1.82, 2.24) is 14.3 Å². The molecule has 0 spiro atoms. The average molecular weight is 510 g/mol. The molecule has 1 unspecified atom stereocenters. The highest BCUT2D eigenvalue weighted by Crippen LogP contribution is 2.41. The summed E-state index contributed by atoms with van der Waals surface area (Å²) in [7, 11) is 0. The number of pyridine rings is 1. The number of Topliss-reactive ketones (excluding diaryl/α,β-unsaturated/α-hetero) is 1. The van der Waals surface area contributed by atoms with E-state index in [1.165, 1.54) is 4.90 Å². The quantitative estimate of drug-likeness (QED) is 0.133. The largest absolute Gasteiger partial charge is 0.505 e. The van der Waals surface area contributed by atoms with E-state index >= 15 is 0 Å². The summed E-state index contributed by atoms with van der Waals surface area (Å²) in [5.41, 5.74) is 3.27. The maximum atomic E-state index is 13.5. The van der Waals surface area contributed by atoms with Gasteiger partial charge in [-0.1, -0.05) is 68.3 Å². The zero-order valence-corrected chi connectivity index (χ0v) is 21.6. The van der Waals surface area contributed by atoms with Crippen molar-refractivity contribution < 1.29 is 19.4 Å². The van der Waals surface area contributed by atoms with Gasteiger partial charge >= 0.3 is 0 Å². The van der Waals surface area contributed by atoms with Crippen LogP contribution < -0.4 is 4.74 Å². The van der Waals surface area contributed by atoms with Gasteiger partial charge in [-0.15, -0.1) is 0 Å². The summed E-state index contributed by atoms with van der Waals surface area (Å²) in [6, 6.07) is 21.7. The van der Waals surface area contributed by atoms with Crippen LogP contribution in [0.15, 0.2) is 84.6 Å². The fraction of sp³-hybridized carbons (Fsp3) is 0.258. The second-order valence-electron chi connectivity index (χ2n) is 9.51. The van der Waals surface area contributed by atoms with Crippen molar-refractivity contribution in [3.05, 3.63) is 107 Å². The molecule has 1 N–H and O–H groups in total. The molecule has 0 radical (unpaired) electrons. The van der Waals surface area contributed by atoms with Crippen molar-refractivity contribution in [2.24, 2.45) is 0 Å². The third-order valence-electron chi connectivity index (χ3n) is 6.88. The molecule has 0 bridgehead atoms. The fourth-order valence-electron chi connectivity index (χ4n) is 4.98. The maximum Gasteiger partial charge on any atom is 0.295 e. The molecule has 1 aliphatic heterocycles. The number of amides is 1. The van der Waals surface area contributed by atoms with Gasteiger partial charge in [0.25, 0.3) is 11.7 Å². The molecule has 1 saturated heterocycles. The zero-order valence-electron chi connectivity index (χ0n) is 21.6. The average Bonchev–Trinajstić information content (AvgIpc) is 3.40. The molecule has 0 aliphatic carbocycles. The van der Waals surface area contributed by atoms with Gasteiger partial charge in [-0.2, -0.15) is 0 Å². The van der Waals surface area contributed by atoms with Crippen molar-refractivity contribution in [1.29, 1.82) is 0 Å². The van der Waals surface area contributed by atoms with E-state index in [1.54, 1.807) is 17.5 Å². The molecule has 2 aromatic heterocycles. The summed E-state index contributed by atoms with van der Waals surface area (Å²) >= 11 is 0. The number of ether oxygens (including phenoxy) is 1. The number of carbonyl (C=O) groups is 2. The highest BCUT2D eigenvalue weighted by molar-refractivity contribution is 6.46. The Morgan fingerprint density at radius 1 is 0.974 bits per heavy atom. The normalized spacial score (nSPS) is 16.9. The number of hydrogen-bond donors (Lipinski definition) is 1. The van der Waals surface area contributed by atoms with Gasteiger partial charge in [0.2, 0.25) is 0 Å². The van der Waals surface area contributed by atoms with Crippen LogP contribution in [0.5, 0.6) is 5.75 Å². The number of imidazole rings is 1. The molecule has 2 aromatic carbocycles. The SMILES string of the molecule is CCCCCOc1ccc(C2C(=C(O)c3c(C)nc4ccccn34)C(=O)C(=O)N2Cc2ccccc2)cc1. The molecule has 4 aromatic rings. The van der Waals surface area contributed by atoms with E-state index < -0.39 is 17.7 Å². The molecule has 5 rings (SSSR count). The minimum absolute atomic E-state index is 0.0521. The lowest BCUT2D eigenvalue weighted by Crippen LogP contribution is -2.29. The lowest BCUT2D eigenvalue weighted by molar-refractivity contribution is -0.140. The zero-order chi connectivity index (χ0) is 26.6. The van der Waals surface area contributed by atoms with Gasteiger partial charge in [0.1, 0.15) is 17.1 Å². The molecule has 194 valence electrons. The molecule has 7 heteroatoms. The second kappa shape index (κ2) is 10.9. The molecular weight excluding hydrogens is 478 g/mol. The van der Waals surface area contributed by atoms with Crippen molar-refractivity contribution in [2.45, 2.75) is 45.7 Å². The number of fused-ring (bicyclic) bond motifs is 1. The van der Waals surface area contributed by atoms with E-state index in [9.17, 15) is 14.7 Å². The number of aliphatic hydroxyl groups excluding tert-OH is 1. The van der Waals surface area contributed by atoms with Gasteiger partial charge in [-0.05, 0) is 48.7 Å². The Labute approximate surface area is 222 Å². The van der Waals surface area contributed by atoms with Gasteiger partial charge in [0.05, 0.1) is 23.9 Å². The van der Waals surface area contributed by atoms with E-state index in [-0.39, 0.29) is 17.9 Å². The van der Waals surface area contributed by atoms with Crippen LogP contribution in [0, 0.1) is 6.92 Å². The predicted molar refractivity (Wildman–Crippen MR) is 146 cm³/mol. The lowest BCUT2D eigenvalue weighted by Gasteiger charge is -2.25. The van der Waals surface area contributed by atoms with E-state index in [2.05, 4.69) is 11.9 Å². The first-order chi connectivity index (χ1) is 18.5. The van der Waals surface area contributed by atoms with Gasteiger partial charge in [0, 0.05) is 12.7 Å². The molecule has 1 aliphatic rings.